The zero-order valence-corrected chi connectivity index (χ0v) is 10.6. The summed E-state index contributed by atoms with van der Waals surface area (Å²) >= 11 is 13.2. The number of carbonyl (C=O) groups excluding carboxylic acids is 1. The summed E-state index contributed by atoms with van der Waals surface area (Å²) in [4.78, 5) is 15.9. The third kappa shape index (κ3) is 1.86. The number of aromatic nitrogens is 1. The van der Waals surface area contributed by atoms with Crippen molar-refractivity contribution < 1.29 is 4.79 Å². The molecule has 1 fully saturated rings. The van der Waals surface area contributed by atoms with Crippen LogP contribution in [-0.2, 0) is 4.79 Å². The van der Waals surface area contributed by atoms with Gasteiger partial charge in [-0.15, -0.1) is 34.5 Å². The number of thiazole rings is 1. The van der Waals surface area contributed by atoms with E-state index in [9.17, 15) is 4.79 Å². The largest absolute Gasteiger partial charge is 0.301 e. The monoisotopic (exact) mass is 264 g/mol. The molecular formula is C9H10Cl2N2OS. The molecule has 0 spiro atoms. The molecule has 15 heavy (non-hydrogen) atoms. The van der Waals surface area contributed by atoms with Crippen LogP contribution in [0.3, 0.4) is 0 Å². The summed E-state index contributed by atoms with van der Waals surface area (Å²) in [6.45, 7) is 3.63. The van der Waals surface area contributed by atoms with Gasteiger partial charge in [-0.05, 0) is 20.3 Å². The highest BCUT2D eigenvalue weighted by Gasteiger charge is 2.68. The molecule has 0 radical (unpaired) electrons. The summed E-state index contributed by atoms with van der Waals surface area (Å²) in [5.74, 6) is -0.165. The number of hydrogen-bond acceptors (Lipinski definition) is 3. The molecule has 1 aromatic rings. The van der Waals surface area contributed by atoms with Crippen molar-refractivity contribution in [3.63, 3.8) is 0 Å². The molecule has 0 unspecified atom stereocenters. The lowest BCUT2D eigenvalue weighted by molar-refractivity contribution is -0.120. The van der Waals surface area contributed by atoms with Gasteiger partial charge in [-0.25, -0.2) is 4.98 Å². The van der Waals surface area contributed by atoms with Crippen LogP contribution in [-0.4, -0.2) is 15.2 Å². The second kappa shape index (κ2) is 3.34. The van der Waals surface area contributed by atoms with Crippen LogP contribution >= 0.6 is 34.5 Å². The minimum absolute atomic E-state index is 0.165. The van der Waals surface area contributed by atoms with Crippen molar-refractivity contribution in [3.8, 4) is 0 Å². The van der Waals surface area contributed by atoms with E-state index >= 15 is 0 Å². The lowest BCUT2D eigenvalue weighted by Gasteiger charge is -2.10. The summed E-state index contributed by atoms with van der Waals surface area (Å²) in [6.07, 6.45) is 0.485. The Labute approximate surface area is 102 Å². The van der Waals surface area contributed by atoms with Crippen molar-refractivity contribution in [1.29, 1.82) is 0 Å². The molecule has 2 rings (SSSR count). The molecule has 0 aliphatic heterocycles. The van der Waals surface area contributed by atoms with Crippen LogP contribution in [0.15, 0.2) is 5.38 Å². The minimum Gasteiger partial charge on any atom is -0.301 e. The molecule has 1 aliphatic carbocycles. The van der Waals surface area contributed by atoms with Gasteiger partial charge in [0.1, 0.15) is 4.33 Å². The average Bonchev–Trinajstić information content (AvgIpc) is 2.47. The fourth-order valence-corrected chi connectivity index (χ4v) is 2.68. The summed E-state index contributed by atoms with van der Waals surface area (Å²) in [6, 6.07) is 0. The van der Waals surface area contributed by atoms with Crippen LogP contribution in [0.5, 0.6) is 0 Å². The van der Waals surface area contributed by atoms with Gasteiger partial charge in [0.05, 0.1) is 11.1 Å². The molecule has 0 saturated heterocycles. The molecule has 1 aliphatic rings. The highest BCUT2D eigenvalue weighted by atomic mass is 35.5. The van der Waals surface area contributed by atoms with Crippen LogP contribution in [0.2, 0.25) is 0 Å². The van der Waals surface area contributed by atoms with Crippen LogP contribution in [0, 0.1) is 12.3 Å². The van der Waals surface area contributed by atoms with E-state index in [-0.39, 0.29) is 5.91 Å². The lowest BCUT2D eigenvalue weighted by Crippen LogP contribution is -2.25. The molecule has 6 heteroatoms. The topological polar surface area (TPSA) is 42.0 Å². The molecule has 1 amide bonds. The van der Waals surface area contributed by atoms with Gasteiger partial charge in [0.25, 0.3) is 0 Å². The maximum absolute atomic E-state index is 11.8. The summed E-state index contributed by atoms with van der Waals surface area (Å²) in [7, 11) is 0. The summed E-state index contributed by atoms with van der Waals surface area (Å²) in [5.41, 5.74) is 0.203. The SMILES string of the molecule is Cc1csc(NC(=O)[C@]2(C)CC2(Cl)Cl)n1. The van der Waals surface area contributed by atoms with Gasteiger partial charge in [-0.2, -0.15) is 0 Å². The highest BCUT2D eigenvalue weighted by Crippen LogP contribution is 2.64. The highest BCUT2D eigenvalue weighted by molar-refractivity contribution is 7.13. The number of nitrogens with one attached hydrogen (secondary N) is 1. The van der Waals surface area contributed by atoms with Gasteiger partial charge < -0.3 is 5.32 Å². The van der Waals surface area contributed by atoms with Crippen molar-refractivity contribution in [2.75, 3.05) is 5.32 Å². The fourth-order valence-electron chi connectivity index (χ4n) is 1.29. The van der Waals surface area contributed by atoms with Crippen LogP contribution in [0.4, 0.5) is 5.13 Å². The Hall–Kier alpha value is -0.320. The first-order valence-electron chi connectivity index (χ1n) is 4.46. The molecule has 3 nitrogen and oxygen atoms in total. The molecule has 1 atom stereocenters. The second-order valence-corrected chi connectivity index (χ2v) is 6.30. The van der Waals surface area contributed by atoms with Crippen LogP contribution in [0.1, 0.15) is 19.0 Å². The summed E-state index contributed by atoms with van der Waals surface area (Å²) < 4.78 is -0.927. The first kappa shape index (κ1) is 11.2. The van der Waals surface area contributed by atoms with E-state index in [1.165, 1.54) is 11.3 Å². The number of amides is 1. The molecule has 0 bridgehead atoms. The predicted molar refractivity (Wildman–Crippen MR) is 62.6 cm³/mol. The Morgan fingerprint density at radius 3 is 2.67 bits per heavy atom. The second-order valence-electron chi connectivity index (χ2n) is 3.96. The van der Waals surface area contributed by atoms with Gasteiger partial charge >= 0.3 is 0 Å². The summed E-state index contributed by atoms with van der Waals surface area (Å²) in [5, 5.41) is 5.19. The Balaban J connectivity index is 2.06. The zero-order valence-electron chi connectivity index (χ0n) is 8.30. The Bertz CT molecular complexity index is 418. The van der Waals surface area contributed by atoms with Crippen molar-refractivity contribution in [2.45, 2.75) is 24.6 Å². The Kier molecular flexibility index (Phi) is 2.48. The number of anilines is 1. The number of nitrogens with zero attached hydrogens (tertiary/aromatic N) is 1. The third-order valence-electron chi connectivity index (χ3n) is 2.60. The van der Waals surface area contributed by atoms with Gasteiger partial charge in [-0.1, -0.05) is 0 Å². The van der Waals surface area contributed by atoms with E-state index in [4.69, 9.17) is 23.2 Å². The molecule has 82 valence electrons. The van der Waals surface area contributed by atoms with Gasteiger partial charge in [0, 0.05) is 5.38 Å². The average molecular weight is 265 g/mol. The first-order chi connectivity index (χ1) is 6.85. The van der Waals surface area contributed by atoms with E-state index in [0.717, 1.165) is 5.69 Å². The molecule has 1 aromatic heterocycles. The molecule has 0 aromatic carbocycles. The predicted octanol–water partition coefficient (Wildman–Crippen LogP) is 2.97. The quantitative estimate of drug-likeness (QED) is 0.835. The van der Waals surface area contributed by atoms with Crippen LogP contribution < -0.4 is 5.32 Å². The number of carbonyl (C=O) groups is 1. The van der Waals surface area contributed by atoms with Crippen molar-refractivity contribution in [3.05, 3.63) is 11.1 Å². The van der Waals surface area contributed by atoms with E-state index < -0.39 is 9.75 Å². The van der Waals surface area contributed by atoms with Gasteiger partial charge in [-0.3, -0.25) is 4.79 Å². The van der Waals surface area contributed by atoms with E-state index in [0.29, 0.717) is 11.6 Å². The Morgan fingerprint density at radius 1 is 1.67 bits per heavy atom. The number of rotatable bonds is 2. The molecule has 1 heterocycles. The first-order valence-corrected chi connectivity index (χ1v) is 6.10. The molecular weight excluding hydrogens is 255 g/mol. The van der Waals surface area contributed by atoms with Gasteiger partial charge in [0.15, 0.2) is 5.13 Å². The fraction of sp³-hybridized carbons (Fsp3) is 0.556. The zero-order chi connectivity index (χ0) is 11.3. The van der Waals surface area contributed by atoms with E-state index in [1.807, 2.05) is 12.3 Å². The normalized spacial score (nSPS) is 27.5. The number of halogens is 2. The molecule has 1 N–H and O–H groups in total. The number of aryl methyl sites for hydroxylation is 1. The third-order valence-corrected chi connectivity index (χ3v) is 4.58. The number of alkyl halides is 2. The van der Waals surface area contributed by atoms with Crippen molar-refractivity contribution >= 4 is 45.6 Å². The lowest BCUT2D eigenvalue weighted by atomic mass is 10.1. The Morgan fingerprint density at radius 2 is 2.27 bits per heavy atom. The smallest absolute Gasteiger partial charge is 0.235 e. The maximum atomic E-state index is 11.8. The standard InChI is InChI=1S/C9H10Cl2N2OS/c1-5-3-15-7(12-5)13-6(14)8(2)4-9(8,10)11/h3H,4H2,1-2H3,(H,12,13,14)/t8-/m0/s1. The van der Waals surface area contributed by atoms with Crippen LogP contribution in [0.25, 0.3) is 0 Å². The van der Waals surface area contributed by atoms with Gasteiger partial charge in [0.2, 0.25) is 5.91 Å². The number of hydrogen-bond donors (Lipinski definition) is 1. The molecule has 1 saturated carbocycles. The van der Waals surface area contributed by atoms with Crippen molar-refractivity contribution in [1.82, 2.24) is 4.98 Å². The minimum atomic E-state index is -0.927. The van der Waals surface area contributed by atoms with E-state index in [2.05, 4.69) is 10.3 Å². The van der Waals surface area contributed by atoms with E-state index in [1.54, 1.807) is 6.92 Å². The van der Waals surface area contributed by atoms with Crippen molar-refractivity contribution in [2.24, 2.45) is 5.41 Å². The maximum Gasteiger partial charge on any atom is 0.235 e.